The van der Waals surface area contributed by atoms with Crippen molar-refractivity contribution in [1.29, 1.82) is 0 Å². The van der Waals surface area contributed by atoms with Crippen LogP contribution in [0, 0.1) is 0 Å². The molecule has 0 saturated carbocycles. The van der Waals surface area contributed by atoms with E-state index in [2.05, 4.69) is 0 Å². The molecule has 1 rings (SSSR count). The van der Waals surface area contributed by atoms with E-state index in [1.807, 2.05) is 19.2 Å². The highest BCUT2D eigenvalue weighted by Crippen LogP contribution is 2.22. The van der Waals surface area contributed by atoms with E-state index < -0.39 is 30.5 Å². The molecule has 0 aliphatic heterocycles. The topological polar surface area (TPSA) is 66.4 Å². The van der Waals surface area contributed by atoms with E-state index in [0.717, 1.165) is 5.56 Å². The van der Waals surface area contributed by atoms with Crippen LogP contribution in [-0.4, -0.2) is 29.2 Å². The molecule has 0 fully saturated rings. The lowest BCUT2D eigenvalue weighted by molar-refractivity contribution is -0.157. The van der Waals surface area contributed by atoms with Gasteiger partial charge >= 0.3 is 12.1 Å². The van der Waals surface area contributed by atoms with Crippen molar-refractivity contribution in [1.82, 2.24) is 5.32 Å². The number of aliphatic carboxylic acids is 1. The summed E-state index contributed by atoms with van der Waals surface area (Å²) >= 11 is 0. The number of hydrogen-bond acceptors (Lipinski definition) is 2. The average Bonchev–Trinajstić information content (AvgIpc) is 2.36. The molecule has 1 amide bonds. The molecule has 0 aliphatic carbocycles. The Labute approximate surface area is 120 Å². The van der Waals surface area contributed by atoms with Crippen molar-refractivity contribution in [2.75, 3.05) is 0 Å². The van der Waals surface area contributed by atoms with Gasteiger partial charge in [0.1, 0.15) is 6.04 Å². The molecule has 0 spiro atoms. The Morgan fingerprint density at radius 2 is 1.71 bits per heavy atom. The predicted octanol–water partition coefficient (Wildman–Crippen LogP) is 2.95. The fraction of sp³-hybridized carbons (Fsp3) is 0.429. The molecule has 0 heterocycles. The van der Waals surface area contributed by atoms with Crippen molar-refractivity contribution >= 4 is 11.9 Å². The minimum absolute atomic E-state index is 0.118. The van der Waals surface area contributed by atoms with Gasteiger partial charge in [0.2, 0.25) is 0 Å². The van der Waals surface area contributed by atoms with Gasteiger partial charge < -0.3 is 10.4 Å². The first-order chi connectivity index (χ1) is 9.60. The molecule has 1 atom stereocenters. The maximum absolute atomic E-state index is 12.2. The van der Waals surface area contributed by atoms with Crippen LogP contribution in [0.1, 0.15) is 42.1 Å². The van der Waals surface area contributed by atoms with E-state index >= 15 is 0 Å². The molecule has 7 heteroatoms. The molecule has 0 saturated heterocycles. The second kappa shape index (κ2) is 6.60. The number of nitrogens with one attached hydrogen (secondary N) is 1. The molecule has 116 valence electrons. The highest BCUT2D eigenvalue weighted by molar-refractivity contribution is 5.96. The van der Waals surface area contributed by atoms with Crippen LogP contribution in [0.15, 0.2) is 24.3 Å². The zero-order chi connectivity index (χ0) is 16.2. The lowest BCUT2D eigenvalue weighted by Crippen LogP contribution is -2.43. The van der Waals surface area contributed by atoms with E-state index in [1.54, 1.807) is 12.1 Å². The zero-order valence-corrected chi connectivity index (χ0v) is 11.6. The van der Waals surface area contributed by atoms with Crippen molar-refractivity contribution in [3.8, 4) is 0 Å². The molecule has 1 aromatic carbocycles. The first kappa shape index (κ1) is 17.0. The highest BCUT2D eigenvalue weighted by Gasteiger charge is 2.36. The summed E-state index contributed by atoms with van der Waals surface area (Å²) in [5.74, 6) is -2.32. The molecule has 0 aliphatic rings. The Hall–Kier alpha value is -2.05. The van der Waals surface area contributed by atoms with Crippen LogP contribution in [0.25, 0.3) is 0 Å². The summed E-state index contributed by atoms with van der Waals surface area (Å²) in [5.41, 5.74) is 1.09. The van der Waals surface area contributed by atoms with Crippen LogP contribution >= 0.6 is 0 Å². The Kier molecular flexibility index (Phi) is 5.34. The van der Waals surface area contributed by atoms with Crippen molar-refractivity contribution in [2.24, 2.45) is 0 Å². The number of halogens is 3. The highest BCUT2D eigenvalue weighted by atomic mass is 19.4. The normalized spacial score (nSPS) is 13.0. The quantitative estimate of drug-likeness (QED) is 0.879. The fourth-order valence-corrected chi connectivity index (χ4v) is 1.69. The number of amides is 1. The number of benzene rings is 1. The Balaban J connectivity index is 2.80. The summed E-state index contributed by atoms with van der Waals surface area (Å²) in [6.07, 6.45) is -6.28. The smallest absolute Gasteiger partial charge is 0.391 e. The molecule has 0 aromatic heterocycles. The second-order valence-electron chi connectivity index (χ2n) is 4.96. The van der Waals surface area contributed by atoms with Crippen LogP contribution in [0.3, 0.4) is 0 Å². The van der Waals surface area contributed by atoms with E-state index in [-0.39, 0.29) is 11.5 Å². The van der Waals surface area contributed by atoms with E-state index in [4.69, 9.17) is 5.11 Å². The molecule has 0 radical (unpaired) electrons. The summed E-state index contributed by atoms with van der Waals surface area (Å²) in [6, 6.07) is 4.27. The van der Waals surface area contributed by atoms with Gasteiger partial charge in [-0.2, -0.15) is 13.2 Å². The van der Waals surface area contributed by atoms with Crippen molar-refractivity contribution < 1.29 is 27.9 Å². The third-order valence-electron chi connectivity index (χ3n) is 2.88. The summed E-state index contributed by atoms with van der Waals surface area (Å²) in [5, 5.41) is 10.6. The van der Waals surface area contributed by atoms with Gasteiger partial charge in [0.15, 0.2) is 0 Å². The third-order valence-corrected chi connectivity index (χ3v) is 2.88. The van der Waals surface area contributed by atoms with Crippen molar-refractivity contribution in [3.63, 3.8) is 0 Å². The van der Waals surface area contributed by atoms with Gasteiger partial charge in [0.05, 0.1) is 6.42 Å². The monoisotopic (exact) mass is 303 g/mol. The van der Waals surface area contributed by atoms with Crippen LogP contribution in [0.4, 0.5) is 13.2 Å². The SMILES string of the molecule is CC(C)c1ccc(C(=O)NC(CC(F)(F)F)C(=O)O)cc1. The van der Waals surface area contributed by atoms with Crippen LogP contribution < -0.4 is 5.32 Å². The molecule has 1 unspecified atom stereocenters. The van der Waals surface area contributed by atoms with Gasteiger partial charge in [-0.25, -0.2) is 4.79 Å². The fourth-order valence-electron chi connectivity index (χ4n) is 1.69. The first-order valence-electron chi connectivity index (χ1n) is 6.30. The van der Waals surface area contributed by atoms with Gasteiger partial charge in [-0.15, -0.1) is 0 Å². The van der Waals surface area contributed by atoms with Crippen LogP contribution in [0.5, 0.6) is 0 Å². The van der Waals surface area contributed by atoms with Gasteiger partial charge in [-0.1, -0.05) is 26.0 Å². The van der Waals surface area contributed by atoms with Gasteiger partial charge in [-0.3, -0.25) is 4.79 Å². The average molecular weight is 303 g/mol. The lowest BCUT2D eigenvalue weighted by Gasteiger charge is -2.16. The van der Waals surface area contributed by atoms with Gasteiger partial charge in [0.25, 0.3) is 5.91 Å². The number of alkyl halides is 3. The molecular weight excluding hydrogens is 287 g/mol. The molecule has 4 nitrogen and oxygen atoms in total. The minimum atomic E-state index is -4.67. The van der Waals surface area contributed by atoms with Crippen LogP contribution in [-0.2, 0) is 4.79 Å². The molecule has 21 heavy (non-hydrogen) atoms. The van der Waals surface area contributed by atoms with Gasteiger partial charge in [-0.05, 0) is 23.6 Å². The number of rotatable bonds is 5. The Morgan fingerprint density at radius 3 is 2.10 bits per heavy atom. The molecule has 0 bridgehead atoms. The van der Waals surface area contributed by atoms with Crippen molar-refractivity contribution in [2.45, 2.75) is 38.4 Å². The van der Waals surface area contributed by atoms with Gasteiger partial charge in [0, 0.05) is 5.56 Å². The summed E-state index contributed by atoms with van der Waals surface area (Å²) in [7, 11) is 0. The number of carboxylic acids is 1. The van der Waals surface area contributed by atoms with Crippen LogP contribution in [0.2, 0.25) is 0 Å². The van der Waals surface area contributed by atoms with Crippen molar-refractivity contribution in [3.05, 3.63) is 35.4 Å². The second-order valence-corrected chi connectivity index (χ2v) is 4.96. The van der Waals surface area contributed by atoms with E-state index in [0.29, 0.717) is 0 Å². The molecule has 2 N–H and O–H groups in total. The minimum Gasteiger partial charge on any atom is -0.480 e. The summed E-state index contributed by atoms with van der Waals surface area (Å²) in [6.45, 7) is 3.91. The summed E-state index contributed by atoms with van der Waals surface area (Å²) in [4.78, 5) is 22.6. The standard InChI is InChI=1S/C14H16F3NO3/c1-8(2)9-3-5-10(6-4-9)12(19)18-11(13(20)21)7-14(15,16)17/h3-6,8,11H,7H2,1-2H3,(H,18,19)(H,20,21). The summed E-state index contributed by atoms with van der Waals surface area (Å²) < 4.78 is 36.7. The third kappa shape index (κ3) is 5.45. The maximum atomic E-state index is 12.2. The Bertz CT molecular complexity index is 509. The van der Waals surface area contributed by atoms with E-state index in [1.165, 1.54) is 12.1 Å². The molecular formula is C14H16F3NO3. The Morgan fingerprint density at radius 1 is 1.19 bits per heavy atom. The number of carboxylic acid groups (broad SMARTS) is 1. The first-order valence-corrected chi connectivity index (χ1v) is 6.30. The lowest BCUT2D eigenvalue weighted by atomic mass is 10.0. The largest absolute Gasteiger partial charge is 0.480 e. The number of carbonyl (C=O) groups excluding carboxylic acids is 1. The zero-order valence-electron chi connectivity index (χ0n) is 11.6. The van der Waals surface area contributed by atoms with E-state index in [9.17, 15) is 22.8 Å². The molecule has 1 aromatic rings. The maximum Gasteiger partial charge on any atom is 0.391 e. The number of hydrogen-bond donors (Lipinski definition) is 2. The number of carbonyl (C=O) groups is 2. The predicted molar refractivity (Wildman–Crippen MR) is 70.1 cm³/mol.